The van der Waals surface area contributed by atoms with Crippen molar-refractivity contribution < 1.29 is 13.2 Å². The smallest absolute Gasteiger partial charge is 0.243 e. The molecule has 0 aromatic heterocycles. The molecule has 0 heterocycles. The van der Waals surface area contributed by atoms with Gasteiger partial charge in [-0.25, -0.2) is 12.7 Å². The van der Waals surface area contributed by atoms with E-state index in [0.29, 0.717) is 28.6 Å². The molecule has 3 N–H and O–H groups in total. The molecule has 0 aliphatic rings. The second kappa shape index (κ2) is 9.47. The van der Waals surface area contributed by atoms with Crippen LogP contribution in [0.15, 0.2) is 41.3 Å². The van der Waals surface area contributed by atoms with Crippen molar-refractivity contribution in [3.05, 3.63) is 46.4 Å². The third-order valence-electron chi connectivity index (χ3n) is 3.80. The Morgan fingerprint density at radius 3 is 2.39 bits per heavy atom. The highest BCUT2D eigenvalue weighted by molar-refractivity contribution is 7.89. The van der Waals surface area contributed by atoms with Crippen molar-refractivity contribution in [2.24, 2.45) is 0 Å². The number of nitrogens with one attached hydrogen (secondary N) is 3. The van der Waals surface area contributed by atoms with Crippen molar-refractivity contribution in [3.63, 3.8) is 0 Å². The Hall–Kier alpha value is -2.00. The number of benzene rings is 2. The average molecular weight is 445 g/mol. The van der Waals surface area contributed by atoms with Gasteiger partial charge in [0.05, 0.1) is 38.5 Å². The van der Waals surface area contributed by atoms with E-state index in [9.17, 15) is 13.2 Å². The Morgan fingerprint density at radius 1 is 1.04 bits per heavy atom. The van der Waals surface area contributed by atoms with Gasteiger partial charge >= 0.3 is 0 Å². The van der Waals surface area contributed by atoms with Gasteiger partial charge < -0.3 is 16.0 Å². The lowest BCUT2D eigenvalue weighted by Gasteiger charge is -2.17. The molecular weight excluding hydrogens is 423 g/mol. The molecule has 0 unspecified atom stereocenters. The zero-order valence-corrected chi connectivity index (χ0v) is 18.0. The normalized spacial score (nSPS) is 11.4. The van der Waals surface area contributed by atoms with Crippen LogP contribution >= 0.6 is 23.2 Å². The van der Waals surface area contributed by atoms with Gasteiger partial charge in [-0.05, 0) is 37.3 Å². The van der Waals surface area contributed by atoms with Crippen molar-refractivity contribution in [2.75, 3.05) is 43.1 Å². The minimum atomic E-state index is -3.60. The molecule has 10 heteroatoms. The number of amides is 1. The average Bonchev–Trinajstić information content (AvgIpc) is 2.64. The van der Waals surface area contributed by atoms with Crippen LogP contribution in [0.3, 0.4) is 0 Å². The summed E-state index contributed by atoms with van der Waals surface area (Å²) in [5, 5.41) is 9.37. The van der Waals surface area contributed by atoms with E-state index in [2.05, 4.69) is 16.0 Å². The van der Waals surface area contributed by atoms with Crippen molar-refractivity contribution in [1.82, 2.24) is 4.31 Å². The molecule has 0 aliphatic carbocycles. The first-order valence-corrected chi connectivity index (χ1v) is 10.6. The van der Waals surface area contributed by atoms with Gasteiger partial charge in [-0.2, -0.15) is 0 Å². The van der Waals surface area contributed by atoms with Crippen LogP contribution in [-0.4, -0.2) is 45.8 Å². The number of sulfonamides is 1. The van der Waals surface area contributed by atoms with Gasteiger partial charge in [0.1, 0.15) is 0 Å². The van der Waals surface area contributed by atoms with Crippen LogP contribution in [0.2, 0.25) is 10.0 Å². The molecule has 152 valence electrons. The van der Waals surface area contributed by atoms with E-state index in [4.69, 9.17) is 23.2 Å². The van der Waals surface area contributed by atoms with E-state index >= 15 is 0 Å². The molecule has 0 spiro atoms. The summed E-state index contributed by atoms with van der Waals surface area (Å²) in [6.07, 6.45) is 0. The van der Waals surface area contributed by atoms with Gasteiger partial charge in [0, 0.05) is 20.6 Å². The molecule has 2 rings (SSSR count). The largest absolute Gasteiger partial charge is 0.384 e. The fourth-order valence-corrected chi connectivity index (χ4v) is 3.63. The van der Waals surface area contributed by atoms with Gasteiger partial charge in [0.15, 0.2) is 0 Å². The Kier molecular flexibility index (Phi) is 7.54. The van der Waals surface area contributed by atoms with Crippen molar-refractivity contribution in [2.45, 2.75) is 11.8 Å². The monoisotopic (exact) mass is 444 g/mol. The maximum Gasteiger partial charge on any atom is 0.243 e. The van der Waals surface area contributed by atoms with Crippen LogP contribution in [0.5, 0.6) is 0 Å². The molecule has 0 bridgehead atoms. The molecule has 7 nitrogen and oxygen atoms in total. The zero-order chi connectivity index (χ0) is 20.9. The highest BCUT2D eigenvalue weighted by Gasteiger charge is 2.19. The van der Waals surface area contributed by atoms with Gasteiger partial charge in [0.2, 0.25) is 15.9 Å². The van der Waals surface area contributed by atoms with Gasteiger partial charge in [-0.1, -0.05) is 29.3 Å². The minimum Gasteiger partial charge on any atom is -0.384 e. The van der Waals surface area contributed by atoms with Crippen molar-refractivity contribution >= 4 is 56.2 Å². The summed E-state index contributed by atoms with van der Waals surface area (Å²) >= 11 is 12.0. The fraction of sp³-hybridized carbons (Fsp3) is 0.278. The second-order valence-corrected chi connectivity index (χ2v) is 8.97. The van der Waals surface area contributed by atoms with Gasteiger partial charge in [-0.15, -0.1) is 0 Å². The Morgan fingerprint density at radius 2 is 1.75 bits per heavy atom. The highest BCUT2D eigenvalue weighted by Crippen LogP contribution is 2.30. The van der Waals surface area contributed by atoms with E-state index in [1.165, 1.54) is 26.2 Å². The highest BCUT2D eigenvalue weighted by atomic mass is 35.5. The van der Waals surface area contributed by atoms with Crippen molar-refractivity contribution in [3.8, 4) is 0 Å². The summed E-state index contributed by atoms with van der Waals surface area (Å²) in [6.45, 7) is 2.47. The molecule has 0 fully saturated rings. The lowest BCUT2D eigenvalue weighted by molar-refractivity contribution is -0.114. The maximum atomic E-state index is 12.4. The number of hydrogen-bond donors (Lipinski definition) is 3. The molecule has 2 aromatic carbocycles. The molecule has 0 atom stereocenters. The number of rotatable bonds is 8. The summed E-state index contributed by atoms with van der Waals surface area (Å²) in [7, 11) is -0.673. The standard InChI is InChI=1S/C18H22Cl2N4O3S/c1-4-21-14-9-8-12(28(26,27)24(2)3)10-16(14)22-11-17(25)23-15-7-5-6-13(19)18(15)20/h5-10,21-22H,4,11H2,1-3H3,(H,23,25). The quantitative estimate of drug-likeness (QED) is 0.576. The Balaban J connectivity index is 2.19. The molecule has 0 aliphatic heterocycles. The van der Waals surface area contributed by atoms with E-state index in [0.717, 1.165) is 4.31 Å². The number of carbonyl (C=O) groups excluding carboxylic acids is 1. The van der Waals surface area contributed by atoms with Crippen LogP contribution in [0.1, 0.15) is 6.92 Å². The lowest BCUT2D eigenvalue weighted by Crippen LogP contribution is -2.24. The Labute approximate surface area is 175 Å². The predicted molar refractivity (Wildman–Crippen MR) is 115 cm³/mol. The fourth-order valence-electron chi connectivity index (χ4n) is 2.36. The number of nitrogens with zero attached hydrogens (tertiary/aromatic N) is 1. The molecule has 1 amide bonds. The SMILES string of the molecule is CCNc1ccc(S(=O)(=O)N(C)C)cc1NCC(=O)Nc1cccc(Cl)c1Cl. The first-order chi connectivity index (χ1) is 13.2. The summed E-state index contributed by atoms with van der Waals surface area (Å²) in [4.78, 5) is 12.4. The minimum absolute atomic E-state index is 0.0906. The van der Waals surface area contributed by atoms with Crippen LogP contribution in [0.25, 0.3) is 0 Å². The molecule has 2 aromatic rings. The number of halogens is 2. The summed E-state index contributed by atoms with van der Waals surface area (Å²) in [5.41, 5.74) is 1.59. The van der Waals surface area contributed by atoms with Crippen molar-refractivity contribution in [1.29, 1.82) is 0 Å². The molecular formula is C18H22Cl2N4O3S. The zero-order valence-electron chi connectivity index (χ0n) is 15.7. The van der Waals surface area contributed by atoms with E-state index in [-0.39, 0.29) is 22.4 Å². The topological polar surface area (TPSA) is 90.5 Å². The van der Waals surface area contributed by atoms with Gasteiger partial charge in [0.25, 0.3) is 0 Å². The lowest BCUT2D eigenvalue weighted by atomic mass is 10.2. The maximum absolute atomic E-state index is 12.4. The summed E-state index contributed by atoms with van der Waals surface area (Å²) in [6, 6.07) is 9.61. The van der Waals surface area contributed by atoms with Crippen LogP contribution < -0.4 is 16.0 Å². The molecule has 0 saturated carbocycles. The third kappa shape index (κ3) is 5.29. The first-order valence-electron chi connectivity index (χ1n) is 8.45. The third-order valence-corrected chi connectivity index (χ3v) is 6.43. The predicted octanol–water partition coefficient (Wildman–Crippen LogP) is 3.73. The van der Waals surface area contributed by atoms with E-state index in [1.54, 1.807) is 24.3 Å². The molecule has 0 saturated heterocycles. The van der Waals surface area contributed by atoms with Crippen LogP contribution in [0, 0.1) is 0 Å². The molecule has 0 radical (unpaired) electrons. The van der Waals surface area contributed by atoms with Crippen LogP contribution in [0.4, 0.5) is 17.1 Å². The second-order valence-electron chi connectivity index (χ2n) is 6.03. The number of hydrogen-bond acceptors (Lipinski definition) is 5. The van der Waals surface area contributed by atoms with E-state index < -0.39 is 10.0 Å². The number of anilines is 3. The first kappa shape index (κ1) is 22.3. The van der Waals surface area contributed by atoms with E-state index in [1.807, 2.05) is 6.92 Å². The Bertz CT molecular complexity index is 965. The molecule has 28 heavy (non-hydrogen) atoms. The number of carbonyl (C=O) groups is 1. The van der Waals surface area contributed by atoms with Gasteiger partial charge in [-0.3, -0.25) is 4.79 Å². The summed E-state index contributed by atoms with van der Waals surface area (Å²) in [5.74, 6) is -0.354. The van der Waals surface area contributed by atoms with Crippen LogP contribution in [-0.2, 0) is 14.8 Å². The summed E-state index contributed by atoms with van der Waals surface area (Å²) < 4.78 is 25.9.